The highest BCUT2D eigenvalue weighted by Crippen LogP contribution is 2.36. The first kappa shape index (κ1) is 22.5. The molecular formula is C21H24N4O5S2. The van der Waals surface area contributed by atoms with E-state index >= 15 is 0 Å². The molecule has 0 unspecified atom stereocenters. The molecule has 0 bridgehead atoms. The quantitative estimate of drug-likeness (QED) is 0.481. The van der Waals surface area contributed by atoms with Crippen LogP contribution in [0.5, 0.6) is 0 Å². The van der Waals surface area contributed by atoms with Crippen molar-refractivity contribution in [3.63, 3.8) is 0 Å². The van der Waals surface area contributed by atoms with E-state index in [9.17, 15) is 24.0 Å². The topological polar surface area (TPSA) is 116 Å². The van der Waals surface area contributed by atoms with Gasteiger partial charge in [0.2, 0.25) is 5.91 Å². The third-order valence-corrected chi connectivity index (χ3v) is 7.75. The number of thioether (sulfide) groups is 1. The van der Waals surface area contributed by atoms with Crippen molar-refractivity contribution < 1.29 is 24.0 Å². The van der Waals surface area contributed by atoms with Crippen LogP contribution < -0.4 is 10.6 Å². The molecule has 3 fully saturated rings. The molecule has 1 aromatic heterocycles. The third kappa shape index (κ3) is 4.44. The Kier molecular flexibility index (Phi) is 6.38. The van der Waals surface area contributed by atoms with E-state index in [1.54, 1.807) is 6.08 Å². The molecule has 2 N–H and O–H groups in total. The highest BCUT2D eigenvalue weighted by molar-refractivity contribution is 8.18. The van der Waals surface area contributed by atoms with Crippen LogP contribution in [0.3, 0.4) is 0 Å². The molecule has 1 saturated carbocycles. The van der Waals surface area contributed by atoms with Crippen LogP contribution in [0.2, 0.25) is 0 Å². The third-order valence-electron chi connectivity index (χ3n) is 6.02. The van der Waals surface area contributed by atoms with E-state index in [0.29, 0.717) is 23.7 Å². The predicted octanol–water partition coefficient (Wildman–Crippen LogP) is 2.40. The average Bonchev–Trinajstić information content (AvgIpc) is 3.42. The van der Waals surface area contributed by atoms with Crippen LogP contribution >= 0.6 is 23.1 Å². The number of thiophene rings is 1. The summed E-state index contributed by atoms with van der Waals surface area (Å²) in [4.78, 5) is 65.4. The number of urea groups is 1. The lowest BCUT2D eigenvalue weighted by Gasteiger charge is -2.33. The maximum absolute atomic E-state index is 12.8. The first-order valence-electron chi connectivity index (χ1n) is 10.5. The highest BCUT2D eigenvalue weighted by atomic mass is 32.2. The second kappa shape index (κ2) is 9.07. The number of rotatable bonds is 6. The Morgan fingerprint density at radius 3 is 2.69 bits per heavy atom. The van der Waals surface area contributed by atoms with Gasteiger partial charge in [0.1, 0.15) is 12.1 Å². The second-order valence-corrected chi connectivity index (χ2v) is 10.3. The molecule has 0 aromatic carbocycles. The minimum Gasteiger partial charge on any atom is -0.353 e. The zero-order chi connectivity index (χ0) is 22.9. The summed E-state index contributed by atoms with van der Waals surface area (Å²) in [5, 5.41) is 6.86. The molecule has 9 nitrogen and oxygen atoms in total. The number of carbonyl (C=O) groups excluding carboxylic acids is 5. The summed E-state index contributed by atoms with van der Waals surface area (Å²) in [6.07, 6.45) is 4.54. The van der Waals surface area contributed by atoms with E-state index < -0.39 is 28.6 Å². The largest absolute Gasteiger partial charge is 0.353 e. The standard InChI is InChI=1S/C21H24N4O5S2/c1-13-4-6-21(7-5-13)18(28)25(19(29)23-21)12-16(26)22-8-9-24-17(27)15(32-20(24)30)11-14-3-2-10-31-14/h2-3,10-11,13H,4-9,12H2,1H3,(H,22,26)(H,23,29)/b15-11+. The van der Waals surface area contributed by atoms with Crippen LogP contribution in [0.1, 0.15) is 37.5 Å². The van der Waals surface area contributed by atoms with Gasteiger partial charge in [-0.15, -0.1) is 11.3 Å². The fourth-order valence-corrected chi connectivity index (χ4v) is 5.70. The van der Waals surface area contributed by atoms with E-state index in [0.717, 1.165) is 39.3 Å². The zero-order valence-electron chi connectivity index (χ0n) is 17.6. The average molecular weight is 477 g/mol. The molecule has 32 heavy (non-hydrogen) atoms. The molecule has 1 aromatic rings. The second-order valence-electron chi connectivity index (χ2n) is 8.28. The van der Waals surface area contributed by atoms with Crippen LogP contribution in [0.4, 0.5) is 9.59 Å². The molecule has 4 rings (SSSR count). The first-order valence-corrected chi connectivity index (χ1v) is 12.2. The summed E-state index contributed by atoms with van der Waals surface area (Å²) in [5.41, 5.74) is -0.888. The minimum atomic E-state index is -0.888. The first-order chi connectivity index (χ1) is 15.3. The minimum absolute atomic E-state index is 0.0140. The Morgan fingerprint density at radius 2 is 2.00 bits per heavy atom. The van der Waals surface area contributed by atoms with E-state index in [2.05, 4.69) is 17.6 Å². The molecular weight excluding hydrogens is 452 g/mol. The summed E-state index contributed by atoms with van der Waals surface area (Å²) in [6.45, 7) is 1.78. The Hall–Kier alpha value is -2.66. The number of imide groups is 2. The molecule has 170 valence electrons. The predicted molar refractivity (Wildman–Crippen MR) is 121 cm³/mol. The van der Waals surface area contributed by atoms with Gasteiger partial charge in [-0.2, -0.15) is 0 Å². The number of nitrogens with one attached hydrogen (secondary N) is 2. The van der Waals surface area contributed by atoms with Crippen molar-refractivity contribution in [2.24, 2.45) is 5.92 Å². The number of nitrogens with zero attached hydrogens (tertiary/aromatic N) is 2. The summed E-state index contributed by atoms with van der Waals surface area (Å²) in [5.74, 6) is -0.757. The van der Waals surface area contributed by atoms with E-state index in [4.69, 9.17) is 0 Å². The molecule has 1 aliphatic carbocycles. The lowest BCUT2D eigenvalue weighted by Crippen LogP contribution is -2.50. The molecule has 0 radical (unpaired) electrons. The van der Waals surface area contributed by atoms with Gasteiger partial charge in [-0.25, -0.2) is 4.79 Å². The zero-order valence-corrected chi connectivity index (χ0v) is 19.2. The molecule has 11 heteroatoms. The smallest absolute Gasteiger partial charge is 0.325 e. The van der Waals surface area contributed by atoms with Crippen LogP contribution in [0, 0.1) is 5.92 Å². The lowest BCUT2D eigenvalue weighted by molar-refractivity contribution is -0.136. The SMILES string of the molecule is CC1CCC2(CC1)NC(=O)N(CC(=O)NCCN1C(=O)S/C(=C/c3cccs3)C1=O)C2=O. The molecule has 3 heterocycles. The summed E-state index contributed by atoms with van der Waals surface area (Å²) < 4.78 is 0. The number of hydrogen-bond donors (Lipinski definition) is 2. The van der Waals surface area contributed by atoms with E-state index in [1.807, 2.05) is 17.5 Å². The fraction of sp³-hybridized carbons (Fsp3) is 0.476. The van der Waals surface area contributed by atoms with Gasteiger partial charge in [0, 0.05) is 18.0 Å². The number of amides is 6. The molecule has 6 amide bonds. The highest BCUT2D eigenvalue weighted by Gasteiger charge is 2.52. The Labute approximate surface area is 193 Å². The lowest BCUT2D eigenvalue weighted by atomic mass is 9.77. The van der Waals surface area contributed by atoms with Crippen molar-refractivity contribution in [1.82, 2.24) is 20.4 Å². The van der Waals surface area contributed by atoms with Gasteiger partial charge in [0.15, 0.2) is 0 Å². The van der Waals surface area contributed by atoms with Gasteiger partial charge in [-0.05, 0) is 60.9 Å². The Bertz CT molecular complexity index is 982. The van der Waals surface area contributed by atoms with Gasteiger partial charge in [0.05, 0.1) is 4.91 Å². The Morgan fingerprint density at radius 1 is 1.25 bits per heavy atom. The number of carbonyl (C=O) groups is 5. The Balaban J connectivity index is 1.27. The van der Waals surface area contributed by atoms with Gasteiger partial charge in [-0.3, -0.25) is 29.0 Å². The van der Waals surface area contributed by atoms with Gasteiger partial charge >= 0.3 is 6.03 Å². The summed E-state index contributed by atoms with van der Waals surface area (Å²) in [6, 6.07) is 3.16. The normalized spacial score (nSPS) is 27.0. The molecule has 1 spiro atoms. The van der Waals surface area contributed by atoms with E-state index in [1.165, 1.54) is 11.3 Å². The molecule has 0 atom stereocenters. The van der Waals surface area contributed by atoms with Crippen LogP contribution in [0.25, 0.3) is 6.08 Å². The maximum atomic E-state index is 12.8. The summed E-state index contributed by atoms with van der Waals surface area (Å²) >= 11 is 2.33. The molecule has 2 aliphatic heterocycles. The monoisotopic (exact) mass is 476 g/mol. The van der Waals surface area contributed by atoms with Crippen molar-refractivity contribution >= 4 is 58.2 Å². The van der Waals surface area contributed by atoms with Crippen molar-refractivity contribution in [3.05, 3.63) is 27.3 Å². The van der Waals surface area contributed by atoms with Crippen LogP contribution in [-0.2, 0) is 14.4 Å². The maximum Gasteiger partial charge on any atom is 0.325 e. The van der Waals surface area contributed by atoms with Crippen molar-refractivity contribution in [1.29, 1.82) is 0 Å². The van der Waals surface area contributed by atoms with Gasteiger partial charge < -0.3 is 10.6 Å². The van der Waals surface area contributed by atoms with Gasteiger partial charge in [0.25, 0.3) is 17.1 Å². The van der Waals surface area contributed by atoms with Crippen LogP contribution in [-0.4, -0.2) is 64.0 Å². The summed E-state index contributed by atoms with van der Waals surface area (Å²) in [7, 11) is 0. The van der Waals surface area contributed by atoms with Crippen molar-refractivity contribution in [3.8, 4) is 0 Å². The number of hydrogen-bond acceptors (Lipinski definition) is 7. The fourth-order valence-electron chi connectivity index (χ4n) is 4.12. The molecule has 3 aliphatic rings. The van der Waals surface area contributed by atoms with Gasteiger partial charge in [-0.1, -0.05) is 13.0 Å². The van der Waals surface area contributed by atoms with Crippen molar-refractivity contribution in [2.75, 3.05) is 19.6 Å². The van der Waals surface area contributed by atoms with Crippen LogP contribution in [0.15, 0.2) is 22.4 Å². The van der Waals surface area contributed by atoms with E-state index in [-0.39, 0.29) is 25.5 Å². The van der Waals surface area contributed by atoms with Crippen molar-refractivity contribution in [2.45, 2.75) is 38.1 Å². The molecule has 2 saturated heterocycles.